The van der Waals surface area contributed by atoms with Crippen molar-refractivity contribution in [2.45, 2.75) is 12.6 Å². The van der Waals surface area contributed by atoms with Crippen molar-refractivity contribution in [1.29, 1.82) is 0 Å². The number of pyridine rings is 1. The van der Waals surface area contributed by atoms with Crippen LogP contribution in [-0.4, -0.2) is 59.0 Å². The number of piperazine rings is 1. The topological polar surface area (TPSA) is 83.5 Å². The summed E-state index contributed by atoms with van der Waals surface area (Å²) in [5, 5.41) is 2.61. The summed E-state index contributed by atoms with van der Waals surface area (Å²) in [5.41, 5.74) is 3.08. The molecule has 6 rings (SSSR count). The average Bonchev–Trinajstić information content (AvgIpc) is 3.06. The van der Waals surface area contributed by atoms with Gasteiger partial charge in [0, 0.05) is 61.9 Å². The minimum atomic E-state index is -4.54. The van der Waals surface area contributed by atoms with Gasteiger partial charge in [-0.1, -0.05) is 18.2 Å². The molecular formula is C35H31F3N6O2. The van der Waals surface area contributed by atoms with Crippen molar-refractivity contribution in [3.63, 3.8) is 0 Å². The van der Waals surface area contributed by atoms with Crippen LogP contribution in [0, 0.1) is 0 Å². The van der Waals surface area contributed by atoms with E-state index in [9.17, 15) is 18.0 Å². The van der Waals surface area contributed by atoms with Gasteiger partial charge in [0.15, 0.2) is 0 Å². The number of likely N-dealkylation sites (N-methyl/N-ethyl adjacent to an activating group) is 1. The van der Waals surface area contributed by atoms with Crippen LogP contribution in [0.4, 0.5) is 24.5 Å². The first-order chi connectivity index (χ1) is 22.2. The molecule has 2 aromatic heterocycles. The summed E-state index contributed by atoms with van der Waals surface area (Å²) < 4.78 is 45.2. The molecule has 0 atom stereocenters. The van der Waals surface area contributed by atoms with Crippen molar-refractivity contribution in [3.05, 3.63) is 126 Å². The van der Waals surface area contributed by atoms with E-state index in [1.807, 2.05) is 6.07 Å². The Bertz CT molecular complexity index is 1810. The van der Waals surface area contributed by atoms with Crippen molar-refractivity contribution in [1.82, 2.24) is 19.9 Å². The number of benzene rings is 3. The lowest BCUT2D eigenvalue weighted by Gasteiger charge is -2.34. The monoisotopic (exact) mass is 624 g/mol. The lowest BCUT2D eigenvalue weighted by Crippen LogP contribution is -2.44. The van der Waals surface area contributed by atoms with Crippen molar-refractivity contribution < 1.29 is 22.7 Å². The van der Waals surface area contributed by atoms with Crippen LogP contribution in [0.15, 0.2) is 103 Å². The van der Waals surface area contributed by atoms with Crippen LogP contribution >= 0.6 is 0 Å². The highest BCUT2D eigenvalue weighted by molar-refractivity contribution is 6.04. The van der Waals surface area contributed by atoms with Gasteiger partial charge in [0.25, 0.3) is 5.91 Å². The first-order valence-corrected chi connectivity index (χ1v) is 14.8. The number of hydrogen-bond acceptors (Lipinski definition) is 7. The van der Waals surface area contributed by atoms with Crippen LogP contribution < -0.4 is 15.0 Å². The Balaban J connectivity index is 1.11. The molecule has 1 aliphatic heterocycles. The minimum Gasteiger partial charge on any atom is -0.438 e. The predicted octanol–water partition coefficient (Wildman–Crippen LogP) is 6.94. The molecular weight excluding hydrogens is 593 g/mol. The molecule has 0 radical (unpaired) electrons. The Morgan fingerprint density at radius 1 is 0.870 bits per heavy atom. The summed E-state index contributed by atoms with van der Waals surface area (Å²) in [4.78, 5) is 31.0. The number of amides is 1. The quantitative estimate of drug-likeness (QED) is 0.200. The molecule has 0 unspecified atom stereocenters. The van der Waals surface area contributed by atoms with Crippen LogP contribution in [0.2, 0.25) is 0 Å². The Hall–Kier alpha value is -5.29. The van der Waals surface area contributed by atoms with Crippen LogP contribution in [0.3, 0.4) is 0 Å². The van der Waals surface area contributed by atoms with Gasteiger partial charge >= 0.3 is 6.18 Å². The minimum absolute atomic E-state index is 0.0971. The molecule has 1 fully saturated rings. The average molecular weight is 625 g/mol. The van der Waals surface area contributed by atoms with E-state index in [-0.39, 0.29) is 5.56 Å². The van der Waals surface area contributed by atoms with Crippen molar-refractivity contribution in [2.24, 2.45) is 0 Å². The van der Waals surface area contributed by atoms with Crippen LogP contribution in [-0.2, 0) is 12.6 Å². The zero-order chi connectivity index (χ0) is 32.1. The second kappa shape index (κ2) is 13.4. The highest BCUT2D eigenvalue weighted by atomic mass is 19.4. The number of carbonyl (C=O) groups is 1. The Labute approximate surface area is 264 Å². The first kappa shape index (κ1) is 30.7. The third-order valence-electron chi connectivity index (χ3n) is 7.70. The molecule has 3 aromatic carbocycles. The van der Waals surface area contributed by atoms with Gasteiger partial charge in [-0.15, -0.1) is 0 Å². The summed E-state index contributed by atoms with van der Waals surface area (Å²) >= 11 is 0. The zero-order valence-electron chi connectivity index (χ0n) is 25.0. The van der Waals surface area contributed by atoms with E-state index in [0.717, 1.165) is 43.9 Å². The Morgan fingerprint density at radius 3 is 2.37 bits per heavy atom. The van der Waals surface area contributed by atoms with Crippen LogP contribution in [0.5, 0.6) is 11.6 Å². The number of halogens is 3. The van der Waals surface area contributed by atoms with E-state index in [4.69, 9.17) is 9.72 Å². The highest BCUT2D eigenvalue weighted by Crippen LogP contribution is 2.32. The summed E-state index contributed by atoms with van der Waals surface area (Å²) in [6.45, 7) is 4.14. The molecule has 234 valence electrons. The van der Waals surface area contributed by atoms with Gasteiger partial charge in [-0.05, 0) is 85.4 Å². The number of rotatable bonds is 8. The van der Waals surface area contributed by atoms with E-state index in [1.54, 1.807) is 48.8 Å². The number of ether oxygens (including phenoxy) is 1. The fraction of sp³-hybridized carbons (Fsp3) is 0.200. The number of anilines is 2. The number of carbonyl (C=O) groups excluding carboxylic acids is 1. The molecule has 1 N–H and O–H groups in total. The molecule has 5 aromatic rings. The van der Waals surface area contributed by atoms with Crippen LogP contribution in [0.25, 0.3) is 11.3 Å². The third-order valence-corrected chi connectivity index (χ3v) is 7.70. The zero-order valence-corrected chi connectivity index (χ0v) is 25.0. The summed E-state index contributed by atoms with van der Waals surface area (Å²) in [6.07, 6.45) is -0.633. The van der Waals surface area contributed by atoms with Crippen molar-refractivity contribution in [2.75, 3.05) is 43.4 Å². The van der Waals surface area contributed by atoms with Gasteiger partial charge in [-0.25, -0.2) is 15.0 Å². The second-order valence-corrected chi connectivity index (χ2v) is 11.0. The number of aromatic nitrogens is 3. The Morgan fingerprint density at radius 2 is 1.63 bits per heavy atom. The Kier molecular flexibility index (Phi) is 8.93. The molecule has 0 saturated carbocycles. The molecule has 0 spiro atoms. The number of nitrogens with one attached hydrogen (secondary N) is 1. The molecule has 1 amide bonds. The normalized spacial score (nSPS) is 13.8. The fourth-order valence-corrected chi connectivity index (χ4v) is 5.13. The number of alkyl halides is 3. The largest absolute Gasteiger partial charge is 0.438 e. The molecule has 0 bridgehead atoms. The number of hydrogen-bond donors (Lipinski definition) is 1. The summed E-state index contributed by atoms with van der Waals surface area (Å²) in [6, 6.07) is 24.7. The standard InChI is InChI=1S/C35H31F3N6O2/c1-43-18-20-44(21-19-43)28-11-7-24(8-12-28)22-32-39-17-15-31(42-32)30-6-3-16-40-34(30)46-29-13-9-27(10-14-29)41-33(45)25-4-2-5-26(23-25)35(36,37)38/h2-17,23H,18-22H2,1H3,(H,41,45). The van der Waals surface area contributed by atoms with Gasteiger partial charge in [0.05, 0.1) is 16.8 Å². The van der Waals surface area contributed by atoms with Crippen molar-refractivity contribution in [3.8, 4) is 22.9 Å². The van der Waals surface area contributed by atoms with E-state index in [0.29, 0.717) is 40.8 Å². The third kappa shape index (κ3) is 7.49. The van der Waals surface area contributed by atoms with E-state index < -0.39 is 17.6 Å². The maximum atomic E-state index is 13.0. The SMILES string of the molecule is CN1CCN(c2ccc(Cc3nccc(-c4cccnc4Oc4ccc(NC(=O)c5cccc(C(F)(F)F)c5)cc4)n3)cc2)CC1. The molecule has 3 heterocycles. The van der Waals surface area contributed by atoms with Crippen molar-refractivity contribution >= 4 is 17.3 Å². The van der Waals surface area contributed by atoms with Crippen LogP contribution in [0.1, 0.15) is 27.3 Å². The second-order valence-electron chi connectivity index (χ2n) is 11.0. The van der Waals surface area contributed by atoms with Gasteiger partial charge in [-0.3, -0.25) is 4.79 Å². The fourth-order valence-electron chi connectivity index (χ4n) is 5.13. The van der Waals surface area contributed by atoms with Gasteiger partial charge in [0.1, 0.15) is 11.6 Å². The summed E-state index contributed by atoms with van der Waals surface area (Å²) in [5.74, 6) is 0.800. The molecule has 1 aliphatic rings. The number of nitrogens with zero attached hydrogens (tertiary/aromatic N) is 5. The van der Waals surface area contributed by atoms with Gasteiger partial charge in [-0.2, -0.15) is 13.2 Å². The lowest BCUT2D eigenvalue weighted by molar-refractivity contribution is -0.137. The molecule has 1 saturated heterocycles. The maximum Gasteiger partial charge on any atom is 0.416 e. The molecule has 8 nitrogen and oxygen atoms in total. The predicted molar refractivity (Wildman–Crippen MR) is 170 cm³/mol. The molecule has 46 heavy (non-hydrogen) atoms. The first-order valence-electron chi connectivity index (χ1n) is 14.8. The smallest absolute Gasteiger partial charge is 0.416 e. The van der Waals surface area contributed by atoms with E-state index >= 15 is 0 Å². The van der Waals surface area contributed by atoms with E-state index in [2.05, 4.69) is 56.4 Å². The van der Waals surface area contributed by atoms with Gasteiger partial charge in [0.2, 0.25) is 5.88 Å². The van der Waals surface area contributed by atoms with E-state index in [1.165, 1.54) is 17.8 Å². The highest BCUT2D eigenvalue weighted by Gasteiger charge is 2.31. The maximum absolute atomic E-state index is 13.0. The molecule has 11 heteroatoms. The van der Waals surface area contributed by atoms with Gasteiger partial charge < -0.3 is 19.9 Å². The summed E-state index contributed by atoms with van der Waals surface area (Å²) in [7, 11) is 2.15. The molecule has 0 aliphatic carbocycles. The lowest BCUT2D eigenvalue weighted by atomic mass is 10.1.